The molecule has 166 valence electrons. The minimum absolute atomic E-state index is 0.133. The lowest BCUT2D eigenvalue weighted by molar-refractivity contribution is -0.121. The van der Waals surface area contributed by atoms with Gasteiger partial charge in [-0.3, -0.25) is 19.4 Å². The number of aryl methyl sites for hydroxylation is 1. The number of nitrogens with one attached hydrogen (secondary N) is 1. The molecule has 0 atom stereocenters. The highest BCUT2D eigenvalue weighted by Crippen LogP contribution is 2.19. The average Bonchev–Trinajstić information content (AvgIpc) is 2.82. The highest BCUT2D eigenvalue weighted by Gasteiger charge is 2.19. The predicted molar refractivity (Wildman–Crippen MR) is 119 cm³/mol. The number of carbonyl (C=O) groups is 2. The molecule has 4 rings (SSSR count). The van der Waals surface area contributed by atoms with Crippen LogP contribution in [0.15, 0.2) is 71.9 Å². The van der Waals surface area contributed by atoms with Gasteiger partial charge in [-0.05, 0) is 54.4 Å². The number of carbonyl (C=O) groups excluding carboxylic acids is 2. The van der Waals surface area contributed by atoms with E-state index < -0.39 is 22.9 Å². The van der Waals surface area contributed by atoms with Crippen molar-refractivity contribution in [3.8, 4) is 0 Å². The van der Waals surface area contributed by atoms with Gasteiger partial charge in [-0.15, -0.1) is 0 Å². The van der Waals surface area contributed by atoms with Crippen LogP contribution in [0, 0.1) is 18.6 Å². The second-order valence-electron chi connectivity index (χ2n) is 7.59. The van der Waals surface area contributed by atoms with Crippen molar-refractivity contribution in [1.82, 2.24) is 14.9 Å². The van der Waals surface area contributed by atoms with Crippen molar-refractivity contribution in [3.05, 3.63) is 111 Å². The lowest BCUT2D eigenvalue weighted by Gasteiger charge is -2.14. The molecule has 0 spiro atoms. The summed E-state index contributed by atoms with van der Waals surface area (Å²) in [6.45, 7) is 1.43. The number of hydrogen-bond acceptors (Lipinski definition) is 4. The minimum atomic E-state index is -0.544. The van der Waals surface area contributed by atoms with Gasteiger partial charge in [-0.1, -0.05) is 12.1 Å². The van der Waals surface area contributed by atoms with E-state index in [4.69, 9.17) is 0 Å². The van der Waals surface area contributed by atoms with E-state index in [1.54, 1.807) is 12.1 Å². The van der Waals surface area contributed by atoms with Gasteiger partial charge in [0, 0.05) is 36.1 Å². The zero-order chi connectivity index (χ0) is 23.5. The van der Waals surface area contributed by atoms with E-state index in [-0.39, 0.29) is 46.5 Å². The number of fused-ring (bicyclic) bond motifs is 1. The highest BCUT2D eigenvalue weighted by molar-refractivity contribution is 6.10. The van der Waals surface area contributed by atoms with E-state index in [2.05, 4.69) is 10.3 Å². The zero-order valence-corrected chi connectivity index (χ0v) is 17.6. The van der Waals surface area contributed by atoms with Crippen LogP contribution in [0.4, 0.5) is 8.78 Å². The molecule has 0 radical (unpaired) electrons. The Bertz CT molecular complexity index is 1420. The fourth-order valence-electron chi connectivity index (χ4n) is 3.48. The highest BCUT2D eigenvalue weighted by atomic mass is 19.1. The first-order chi connectivity index (χ1) is 15.8. The van der Waals surface area contributed by atoms with Crippen LogP contribution in [-0.2, 0) is 17.9 Å². The maximum absolute atomic E-state index is 14.3. The van der Waals surface area contributed by atoms with Gasteiger partial charge in [-0.25, -0.2) is 8.78 Å². The molecule has 0 bridgehead atoms. The molecule has 1 N–H and O–H groups in total. The van der Waals surface area contributed by atoms with Gasteiger partial charge < -0.3 is 9.88 Å². The SMILES string of the molecule is Cc1cc2c(=O)c(C(=O)c3ccncc3)cn(CC(=O)NCc3ccc(F)cc3)c2cc1F. The molecule has 0 aliphatic rings. The van der Waals surface area contributed by atoms with E-state index in [0.29, 0.717) is 5.56 Å². The van der Waals surface area contributed by atoms with Crippen LogP contribution in [0.1, 0.15) is 27.0 Å². The monoisotopic (exact) mass is 447 g/mol. The fraction of sp³-hybridized carbons (Fsp3) is 0.120. The molecule has 0 unspecified atom stereocenters. The van der Waals surface area contributed by atoms with Crippen LogP contribution in [0.5, 0.6) is 0 Å². The fourth-order valence-corrected chi connectivity index (χ4v) is 3.48. The van der Waals surface area contributed by atoms with Crippen molar-refractivity contribution < 1.29 is 18.4 Å². The second-order valence-corrected chi connectivity index (χ2v) is 7.59. The largest absolute Gasteiger partial charge is 0.350 e. The van der Waals surface area contributed by atoms with Gasteiger partial charge in [0.1, 0.15) is 18.2 Å². The molecule has 0 saturated heterocycles. The summed E-state index contributed by atoms with van der Waals surface area (Å²) in [7, 11) is 0. The summed E-state index contributed by atoms with van der Waals surface area (Å²) < 4.78 is 28.7. The first-order valence-electron chi connectivity index (χ1n) is 10.1. The number of amides is 1. The van der Waals surface area contributed by atoms with Crippen molar-refractivity contribution >= 4 is 22.6 Å². The number of aromatic nitrogens is 2. The molecule has 0 aliphatic heterocycles. The van der Waals surface area contributed by atoms with E-state index in [9.17, 15) is 23.2 Å². The Kier molecular flexibility index (Phi) is 6.08. The molecule has 0 saturated carbocycles. The summed E-state index contributed by atoms with van der Waals surface area (Å²) in [5, 5.41) is 2.84. The Labute approximate surface area is 187 Å². The van der Waals surface area contributed by atoms with Gasteiger partial charge in [0.15, 0.2) is 5.78 Å². The first kappa shape index (κ1) is 22.0. The number of benzene rings is 2. The Hall–Kier alpha value is -4.20. The molecule has 4 aromatic rings. The van der Waals surface area contributed by atoms with Crippen LogP contribution in [-0.4, -0.2) is 21.2 Å². The maximum Gasteiger partial charge on any atom is 0.240 e. The van der Waals surface area contributed by atoms with Gasteiger partial charge in [-0.2, -0.15) is 0 Å². The molecule has 0 fully saturated rings. The third kappa shape index (κ3) is 4.69. The van der Waals surface area contributed by atoms with Crippen molar-refractivity contribution in [2.24, 2.45) is 0 Å². The predicted octanol–water partition coefficient (Wildman–Crippen LogP) is 3.53. The molecule has 33 heavy (non-hydrogen) atoms. The van der Waals surface area contributed by atoms with Crippen molar-refractivity contribution in [2.75, 3.05) is 0 Å². The Morgan fingerprint density at radius 1 is 1.03 bits per heavy atom. The van der Waals surface area contributed by atoms with Crippen molar-refractivity contribution in [3.63, 3.8) is 0 Å². The van der Waals surface area contributed by atoms with E-state index >= 15 is 0 Å². The lowest BCUT2D eigenvalue weighted by Crippen LogP contribution is -2.29. The number of halogens is 2. The van der Waals surface area contributed by atoms with E-state index in [0.717, 1.165) is 0 Å². The van der Waals surface area contributed by atoms with Crippen molar-refractivity contribution in [2.45, 2.75) is 20.0 Å². The quantitative estimate of drug-likeness (QED) is 0.459. The molecular weight excluding hydrogens is 428 g/mol. The Balaban J connectivity index is 1.71. The lowest BCUT2D eigenvalue weighted by atomic mass is 10.0. The number of pyridine rings is 2. The molecular formula is C25H19F2N3O3. The molecule has 2 heterocycles. The third-order valence-electron chi connectivity index (χ3n) is 5.26. The molecule has 0 aliphatic carbocycles. The smallest absolute Gasteiger partial charge is 0.240 e. The van der Waals surface area contributed by atoms with Gasteiger partial charge >= 0.3 is 0 Å². The number of nitrogens with zero attached hydrogens (tertiary/aromatic N) is 2. The first-order valence-corrected chi connectivity index (χ1v) is 10.1. The number of rotatable bonds is 6. The van der Waals surface area contributed by atoms with Gasteiger partial charge in [0.05, 0.1) is 11.1 Å². The Morgan fingerprint density at radius 2 is 1.73 bits per heavy atom. The molecule has 2 aromatic heterocycles. The van der Waals surface area contributed by atoms with Gasteiger partial charge in [0.25, 0.3) is 0 Å². The molecule has 2 aromatic carbocycles. The number of hydrogen-bond donors (Lipinski definition) is 1. The standard InChI is InChI=1S/C25H19F2N3O3/c1-15-10-19-22(11-21(15)27)30(14-23(31)29-12-16-2-4-18(26)5-3-16)13-20(25(19)33)24(32)17-6-8-28-9-7-17/h2-11,13H,12,14H2,1H3,(H,29,31). The number of ketones is 1. The summed E-state index contributed by atoms with van der Waals surface area (Å²) in [6, 6.07) is 11.2. The second kappa shape index (κ2) is 9.12. The molecule has 1 amide bonds. The third-order valence-corrected chi connectivity index (χ3v) is 5.26. The summed E-state index contributed by atoms with van der Waals surface area (Å²) in [4.78, 5) is 42.6. The summed E-state index contributed by atoms with van der Waals surface area (Å²) in [6.07, 6.45) is 4.16. The van der Waals surface area contributed by atoms with Crippen LogP contribution in [0.2, 0.25) is 0 Å². The van der Waals surface area contributed by atoms with E-state index in [1.807, 2.05) is 0 Å². The maximum atomic E-state index is 14.3. The van der Waals surface area contributed by atoms with Crippen LogP contribution >= 0.6 is 0 Å². The minimum Gasteiger partial charge on any atom is -0.350 e. The molecule has 8 heteroatoms. The van der Waals surface area contributed by atoms with Crippen LogP contribution in [0.3, 0.4) is 0 Å². The van der Waals surface area contributed by atoms with E-state index in [1.165, 1.54) is 66.5 Å². The molecule has 6 nitrogen and oxygen atoms in total. The van der Waals surface area contributed by atoms with Gasteiger partial charge in [0.2, 0.25) is 11.3 Å². The summed E-state index contributed by atoms with van der Waals surface area (Å²) in [5.74, 6) is -1.86. The van der Waals surface area contributed by atoms with Crippen molar-refractivity contribution in [1.29, 1.82) is 0 Å². The van der Waals surface area contributed by atoms with Crippen LogP contribution < -0.4 is 10.7 Å². The average molecular weight is 447 g/mol. The zero-order valence-electron chi connectivity index (χ0n) is 17.6. The normalized spacial score (nSPS) is 10.9. The Morgan fingerprint density at radius 3 is 2.42 bits per heavy atom. The topological polar surface area (TPSA) is 81.1 Å². The van der Waals surface area contributed by atoms with Crippen LogP contribution in [0.25, 0.3) is 10.9 Å². The summed E-state index contributed by atoms with van der Waals surface area (Å²) in [5.41, 5.74) is 0.744. The summed E-state index contributed by atoms with van der Waals surface area (Å²) >= 11 is 0.